The van der Waals surface area contributed by atoms with Crippen molar-refractivity contribution in [2.75, 3.05) is 25.1 Å². The van der Waals surface area contributed by atoms with Crippen LogP contribution in [0.15, 0.2) is 73.1 Å². The second-order valence-electron chi connectivity index (χ2n) is 8.78. The summed E-state index contributed by atoms with van der Waals surface area (Å²) in [5.41, 5.74) is 12.1. The maximum atomic E-state index is 6.36. The maximum absolute atomic E-state index is 6.36. The number of hydrogen-bond acceptors (Lipinski definition) is 6. The Balaban J connectivity index is 0.00000124. The normalized spacial score (nSPS) is 14.1. The van der Waals surface area contributed by atoms with E-state index in [1.807, 2.05) is 24.4 Å². The van der Waals surface area contributed by atoms with Gasteiger partial charge in [0.15, 0.2) is 0 Å². The van der Waals surface area contributed by atoms with Gasteiger partial charge in [-0.2, -0.15) is 12.6 Å². The zero-order valence-electron chi connectivity index (χ0n) is 19.9. The number of piperidine rings is 1. The molecule has 1 fully saturated rings. The van der Waals surface area contributed by atoms with E-state index in [1.165, 1.54) is 12.8 Å². The molecule has 1 aliphatic heterocycles. The van der Waals surface area contributed by atoms with Crippen molar-refractivity contribution in [3.8, 4) is 22.5 Å². The highest BCUT2D eigenvalue weighted by atomic mass is 32.1. The number of hydrogen-bond donors (Lipinski definition) is 3. The van der Waals surface area contributed by atoms with Gasteiger partial charge >= 0.3 is 0 Å². The van der Waals surface area contributed by atoms with Crippen LogP contribution < -0.4 is 11.1 Å². The summed E-state index contributed by atoms with van der Waals surface area (Å²) >= 11 is 3.53. The van der Waals surface area contributed by atoms with Gasteiger partial charge in [0, 0.05) is 35.3 Å². The number of rotatable bonds is 4. The van der Waals surface area contributed by atoms with E-state index in [4.69, 9.17) is 15.7 Å². The standard InChI is InChI=1S/C27H26N6.CH4S/c28-27-26-25(32-24(33(26)15-14-30-27)16-18-10-12-29-13-11-18)21-7-6-20-8-9-22(31-23(20)17-21)19-4-2-1-3-5-19;1-2/h1-9,14-15,17-18,29H,10-13,16H2,(H2,28,30);2H,1H3. The van der Waals surface area contributed by atoms with E-state index in [-0.39, 0.29) is 0 Å². The first kappa shape index (κ1) is 23.3. The summed E-state index contributed by atoms with van der Waals surface area (Å²) in [6, 6.07) is 20.8. The number of imidazole rings is 1. The third-order valence-electron chi connectivity index (χ3n) is 6.62. The van der Waals surface area contributed by atoms with E-state index >= 15 is 0 Å². The molecule has 0 aliphatic carbocycles. The van der Waals surface area contributed by atoms with Gasteiger partial charge in [-0.3, -0.25) is 4.40 Å². The van der Waals surface area contributed by atoms with Crippen molar-refractivity contribution in [3.63, 3.8) is 0 Å². The average molecular weight is 483 g/mol. The SMILES string of the molecule is CS.Nc1nccn2c(CC3CCNCC3)nc(-c3ccc4ccc(-c5ccccc5)nc4c3)c12. The number of nitrogen functional groups attached to an aromatic ring is 1. The maximum Gasteiger partial charge on any atom is 0.150 e. The second kappa shape index (κ2) is 10.5. The van der Waals surface area contributed by atoms with Gasteiger partial charge in [0.2, 0.25) is 0 Å². The number of fused-ring (bicyclic) bond motifs is 2. The van der Waals surface area contributed by atoms with Crippen LogP contribution in [0.25, 0.3) is 38.9 Å². The van der Waals surface area contributed by atoms with Gasteiger partial charge in [-0.1, -0.05) is 48.5 Å². The topological polar surface area (TPSA) is 81.1 Å². The molecule has 178 valence electrons. The summed E-state index contributed by atoms with van der Waals surface area (Å²) in [6.45, 7) is 2.15. The molecule has 0 unspecified atom stereocenters. The summed E-state index contributed by atoms with van der Waals surface area (Å²) < 4.78 is 2.12. The zero-order chi connectivity index (χ0) is 24.2. The van der Waals surface area contributed by atoms with E-state index in [1.54, 1.807) is 12.5 Å². The minimum Gasteiger partial charge on any atom is -0.382 e. The van der Waals surface area contributed by atoms with Gasteiger partial charge in [-0.05, 0) is 50.2 Å². The Bertz CT molecular complexity index is 1440. The number of benzene rings is 2. The molecule has 0 spiro atoms. The molecule has 4 heterocycles. The molecule has 5 aromatic rings. The Morgan fingerprint density at radius 2 is 1.74 bits per heavy atom. The molecule has 0 amide bonds. The Morgan fingerprint density at radius 1 is 0.971 bits per heavy atom. The average Bonchev–Trinajstić information content (AvgIpc) is 3.30. The van der Waals surface area contributed by atoms with Crippen LogP contribution in [-0.4, -0.2) is 38.7 Å². The first-order valence-corrected chi connectivity index (χ1v) is 12.9. The van der Waals surface area contributed by atoms with E-state index in [9.17, 15) is 0 Å². The first-order valence-electron chi connectivity index (χ1n) is 12.0. The Hall–Kier alpha value is -3.42. The largest absolute Gasteiger partial charge is 0.382 e. The van der Waals surface area contributed by atoms with E-state index in [2.05, 4.69) is 69.8 Å². The van der Waals surface area contributed by atoms with Crippen molar-refractivity contribution < 1.29 is 0 Å². The quantitative estimate of drug-likeness (QED) is 0.304. The molecule has 0 saturated carbocycles. The summed E-state index contributed by atoms with van der Waals surface area (Å²) in [5.74, 6) is 2.18. The van der Waals surface area contributed by atoms with E-state index < -0.39 is 0 Å². The van der Waals surface area contributed by atoms with Gasteiger partial charge in [-0.25, -0.2) is 15.0 Å². The fourth-order valence-corrected chi connectivity index (χ4v) is 4.85. The van der Waals surface area contributed by atoms with Crippen LogP contribution in [0.2, 0.25) is 0 Å². The molecule has 6 rings (SSSR count). The number of nitrogens with two attached hydrogens (primary N) is 1. The van der Waals surface area contributed by atoms with Crippen LogP contribution >= 0.6 is 12.6 Å². The number of pyridine rings is 1. The second-order valence-corrected chi connectivity index (χ2v) is 8.78. The molecule has 35 heavy (non-hydrogen) atoms. The zero-order valence-corrected chi connectivity index (χ0v) is 20.7. The van der Waals surface area contributed by atoms with Gasteiger partial charge in [0.25, 0.3) is 0 Å². The highest BCUT2D eigenvalue weighted by Crippen LogP contribution is 2.32. The Labute approximate surface area is 211 Å². The van der Waals surface area contributed by atoms with Gasteiger partial charge < -0.3 is 11.1 Å². The van der Waals surface area contributed by atoms with Crippen LogP contribution in [0.5, 0.6) is 0 Å². The minimum atomic E-state index is 0.502. The third kappa shape index (κ3) is 4.74. The smallest absolute Gasteiger partial charge is 0.150 e. The minimum absolute atomic E-state index is 0.502. The van der Waals surface area contributed by atoms with Crippen molar-refractivity contribution in [1.82, 2.24) is 24.7 Å². The molecule has 3 aromatic heterocycles. The fourth-order valence-electron chi connectivity index (χ4n) is 4.85. The van der Waals surface area contributed by atoms with Crippen LogP contribution in [0, 0.1) is 5.92 Å². The third-order valence-corrected chi connectivity index (χ3v) is 6.62. The molecule has 0 atom stereocenters. The number of nitrogens with one attached hydrogen (secondary N) is 1. The molecule has 2 aromatic carbocycles. The molecule has 1 saturated heterocycles. The van der Waals surface area contributed by atoms with Crippen molar-refractivity contribution >= 4 is 34.9 Å². The highest BCUT2D eigenvalue weighted by molar-refractivity contribution is 7.79. The predicted molar refractivity (Wildman–Crippen MR) is 148 cm³/mol. The van der Waals surface area contributed by atoms with Crippen LogP contribution in [0.1, 0.15) is 18.7 Å². The van der Waals surface area contributed by atoms with Gasteiger partial charge in [-0.15, -0.1) is 0 Å². The summed E-state index contributed by atoms with van der Waals surface area (Å²) in [6.07, 6.45) is 8.72. The molecule has 3 N–H and O–H groups in total. The van der Waals surface area contributed by atoms with Crippen molar-refractivity contribution in [2.45, 2.75) is 19.3 Å². The number of anilines is 1. The van der Waals surface area contributed by atoms with Crippen molar-refractivity contribution in [2.24, 2.45) is 5.92 Å². The Morgan fingerprint density at radius 3 is 2.54 bits per heavy atom. The molecule has 1 aliphatic rings. The van der Waals surface area contributed by atoms with Crippen molar-refractivity contribution in [1.29, 1.82) is 0 Å². The first-order chi connectivity index (χ1) is 17.3. The van der Waals surface area contributed by atoms with Gasteiger partial charge in [0.1, 0.15) is 22.9 Å². The molecule has 0 radical (unpaired) electrons. The van der Waals surface area contributed by atoms with E-state index in [0.717, 1.165) is 64.3 Å². The lowest BCUT2D eigenvalue weighted by atomic mass is 9.94. The molecule has 7 heteroatoms. The van der Waals surface area contributed by atoms with Crippen LogP contribution in [0.4, 0.5) is 5.82 Å². The Kier molecular flexibility index (Phi) is 6.97. The summed E-state index contributed by atoms with van der Waals surface area (Å²) in [7, 11) is 0. The van der Waals surface area contributed by atoms with E-state index in [0.29, 0.717) is 11.7 Å². The lowest BCUT2D eigenvalue weighted by Crippen LogP contribution is -2.29. The number of thiol groups is 1. The number of aromatic nitrogens is 4. The number of nitrogens with zero attached hydrogens (tertiary/aromatic N) is 4. The highest BCUT2D eigenvalue weighted by Gasteiger charge is 2.21. The predicted octanol–water partition coefficient (Wildman–Crippen LogP) is 5.28. The lowest BCUT2D eigenvalue weighted by Gasteiger charge is -2.21. The van der Waals surface area contributed by atoms with Gasteiger partial charge in [0.05, 0.1) is 11.2 Å². The molecular weight excluding hydrogens is 452 g/mol. The summed E-state index contributed by atoms with van der Waals surface area (Å²) in [4.78, 5) is 14.4. The molecule has 6 nitrogen and oxygen atoms in total. The van der Waals surface area contributed by atoms with Crippen LogP contribution in [0.3, 0.4) is 0 Å². The molecular formula is C28H30N6S. The summed E-state index contributed by atoms with van der Waals surface area (Å²) in [5, 5.41) is 4.55. The van der Waals surface area contributed by atoms with Crippen LogP contribution in [-0.2, 0) is 6.42 Å². The lowest BCUT2D eigenvalue weighted by molar-refractivity contribution is 0.367. The van der Waals surface area contributed by atoms with Crippen molar-refractivity contribution in [3.05, 3.63) is 78.9 Å². The monoisotopic (exact) mass is 482 g/mol. The molecule has 0 bridgehead atoms. The fraction of sp³-hybridized carbons (Fsp3) is 0.250.